The number of benzene rings is 1. The SMILES string of the molecule is CCc1ccccc1S(=O)(=O)N[C@H]1CCCNC1.Cl. The van der Waals surface area contributed by atoms with Gasteiger partial charge in [-0.05, 0) is 37.4 Å². The second-order valence-electron chi connectivity index (χ2n) is 4.63. The van der Waals surface area contributed by atoms with Crippen LogP contribution in [0, 0.1) is 0 Å². The Kier molecular flexibility index (Phi) is 6.26. The van der Waals surface area contributed by atoms with Crippen molar-refractivity contribution >= 4 is 22.4 Å². The Balaban J connectivity index is 0.00000180. The molecule has 0 amide bonds. The highest BCUT2D eigenvalue weighted by molar-refractivity contribution is 7.89. The summed E-state index contributed by atoms with van der Waals surface area (Å²) < 4.78 is 27.5. The molecule has 19 heavy (non-hydrogen) atoms. The monoisotopic (exact) mass is 304 g/mol. The van der Waals surface area contributed by atoms with Gasteiger partial charge < -0.3 is 5.32 Å². The van der Waals surface area contributed by atoms with E-state index < -0.39 is 10.0 Å². The molecule has 0 aliphatic carbocycles. The highest BCUT2D eigenvalue weighted by Gasteiger charge is 2.23. The van der Waals surface area contributed by atoms with Crippen LogP contribution in [0.2, 0.25) is 0 Å². The Labute approximate surface area is 121 Å². The molecule has 0 spiro atoms. The van der Waals surface area contributed by atoms with Crippen LogP contribution in [0.1, 0.15) is 25.3 Å². The van der Waals surface area contributed by atoms with Crippen molar-refractivity contribution in [2.45, 2.75) is 37.1 Å². The predicted molar refractivity (Wildman–Crippen MR) is 79.3 cm³/mol. The summed E-state index contributed by atoms with van der Waals surface area (Å²) in [4.78, 5) is 0.415. The van der Waals surface area contributed by atoms with Crippen LogP contribution < -0.4 is 10.0 Å². The maximum Gasteiger partial charge on any atom is 0.241 e. The molecule has 6 heteroatoms. The van der Waals surface area contributed by atoms with Crippen LogP contribution >= 0.6 is 12.4 Å². The first-order valence-corrected chi connectivity index (χ1v) is 7.93. The molecule has 1 aromatic rings. The van der Waals surface area contributed by atoms with Crippen molar-refractivity contribution in [1.82, 2.24) is 10.0 Å². The molecule has 0 radical (unpaired) electrons. The number of rotatable bonds is 4. The van der Waals surface area contributed by atoms with E-state index in [1.807, 2.05) is 19.1 Å². The molecule has 0 saturated carbocycles. The van der Waals surface area contributed by atoms with Crippen molar-refractivity contribution in [2.75, 3.05) is 13.1 Å². The van der Waals surface area contributed by atoms with Gasteiger partial charge in [-0.15, -0.1) is 12.4 Å². The molecule has 2 N–H and O–H groups in total. The van der Waals surface area contributed by atoms with Crippen molar-refractivity contribution in [1.29, 1.82) is 0 Å². The topological polar surface area (TPSA) is 58.2 Å². The largest absolute Gasteiger partial charge is 0.315 e. The fourth-order valence-corrected chi connectivity index (χ4v) is 3.88. The third kappa shape index (κ3) is 4.18. The van der Waals surface area contributed by atoms with E-state index in [0.717, 1.165) is 31.4 Å². The van der Waals surface area contributed by atoms with Crippen molar-refractivity contribution in [3.05, 3.63) is 29.8 Å². The summed E-state index contributed by atoms with van der Waals surface area (Å²) in [6.45, 7) is 3.66. The molecule has 0 aromatic heterocycles. The molecule has 0 bridgehead atoms. The average molecular weight is 305 g/mol. The standard InChI is InChI=1S/C13H20N2O2S.ClH/c1-2-11-6-3-4-8-13(11)18(16,17)15-12-7-5-9-14-10-12;/h3-4,6,8,12,14-15H,2,5,7,9-10H2,1H3;1H/t12-;/m0./s1. The molecule has 2 rings (SSSR count). The van der Waals surface area contributed by atoms with E-state index in [-0.39, 0.29) is 18.4 Å². The molecule has 4 nitrogen and oxygen atoms in total. The van der Waals surface area contributed by atoms with Crippen LogP contribution in [0.25, 0.3) is 0 Å². The molecule has 1 aliphatic heterocycles. The number of hydrogen-bond donors (Lipinski definition) is 2. The lowest BCUT2D eigenvalue weighted by molar-refractivity contribution is 0.428. The molecular formula is C13H21ClN2O2S. The molecule has 108 valence electrons. The average Bonchev–Trinajstić information content (AvgIpc) is 2.39. The minimum atomic E-state index is -3.39. The molecule has 0 unspecified atom stereocenters. The molecule has 1 heterocycles. The Bertz CT molecular complexity index is 499. The molecule has 1 fully saturated rings. The summed E-state index contributed by atoms with van der Waals surface area (Å²) in [5.41, 5.74) is 0.869. The number of nitrogens with one attached hydrogen (secondary N) is 2. The maximum atomic E-state index is 12.3. The zero-order valence-corrected chi connectivity index (χ0v) is 12.7. The number of aryl methyl sites for hydroxylation is 1. The summed E-state index contributed by atoms with van der Waals surface area (Å²) in [5.74, 6) is 0. The first-order valence-electron chi connectivity index (χ1n) is 6.44. The molecule has 1 atom stereocenters. The van der Waals surface area contributed by atoms with Gasteiger partial charge >= 0.3 is 0 Å². The minimum absolute atomic E-state index is 0. The Morgan fingerprint density at radius 3 is 2.74 bits per heavy atom. The highest BCUT2D eigenvalue weighted by atomic mass is 35.5. The fraction of sp³-hybridized carbons (Fsp3) is 0.538. The Hall–Kier alpha value is -0.620. The molecule has 1 aromatic carbocycles. The first kappa shape index (κ1) is 16.4. The van der Waals surface area contributed by atoms with Gasteiger partial charge in [-0.2, -0.15) is 0 Å². The Morgan fingerprint density at radius 1 is 1.37 bits per heavy atom. The summed E-state index contributed by atoms with van der Waals surface area (Å²) in [7, 11) is -3.39. The van der Waals surface area contributed by atoms with E-state index in [4.69, 9.17) is 0 Å². The third-order valence-electron chi connectivity index (χ3n) is 3.26. The minimum Gasteiger partial charge on any atom is -0.315 e. The van der Waals surface area contributed by atoms with Crippen LogP contribution in [-0.4, -0.2) is 27.5 Å². The summed E-state index contributed by atoms with van der Waals surface area (Å²) in [6.07, 6.45) is 2.64. The fourth-order valence-electron chi connectivity index (χ4n) is 2.29. The normalized spacial score (nSPS) is 19.7. The molecular weight excluding hydrogens is 284 g/mol. The van der Waals surface area contributed by atoms with Gasteiger partial charge in [0.1, 0.15) is 0 Å². The lowest BCUT2D eigenvalue weighted by atomic mass is 10.1. The predicted octanol–water partition coefficient (Wildman–Crippen LogP) is 1.70. The van der Waals surface area contributed by atoms with E-state index in [0.29, 0.717) is 11.4 Å². The lowest BCUT2D eigenvalue weighted by Gasteiger charge is -2.24. The smallest absolute Gasteiger partial charge is 0.241 e. The second-order valence-corrected chi connectivity index (χ2v) is 6.31. The van der Waals surface area contributed by atoms with Crippen LogP contribution in [-0.2, 0) is 16.4 Å². The van der Waals surface area contributed by atoms with Gasteiger partial charge in [-0.25, -0.2) is 13.1 Å². The number of sulfonamides is 1. The molecule has 1 saturated heterocycles. The zero-order valence-electron chi connectivity index (χ0n) is 11.1. The Morgan fingerprint density at radius 2 is 2.11 bits per heavy atom. The van der Waals surface area contributed by atoms with Crippen LogP contribution in [0.5, 0.6) is 0 Å². The van der Waals surface area contributed by atoms with Gasteiger partial charge in [0.15, 0.2) is 0 Å². The highest BCUT2D eigenvalue weighted by Crippen LogP contribution is 2.17. The van der Waals surface area contributed by atoms with Gasteiger partial charge in [0.25, 0.3) is 0 Å². The van der Waals surface area contributed by atoms with E-state index in [9.17, 15) is 8.42 Å². The van der Waals surface area contributed by atoms with Crippen molar-refractivity contribution in [3.8, 4) is 0 Å². The van der Waals surface area contributed by atoms with Crippen molar-refractivity contribution in [3.63, 3.8) is 0 Å². The van der Waals surface area contributed by atoms with Gasteiger partial charge in [-0.3, -0.25) is 0 Å². The quantitative estimate of drug-likeness (QED) is 0.890. The van der Waals surface area contributed by atoms with Gasteiger partial charge in [-0.1, -0.05) is 25.1 Å². The van der Waals surface area contributed by atoms with E-state index in [1.165, 1.54) is 0 Å². The van der Waals surface area contributed by atoms with Crippen molar-refractivity contribution in [2.24, 2.45) is 0 Å². The van der Waals surface area contributed by atoms with Gasteiger partial charge in [0.05, 0.1) is 4.90 Å². The van der Waals surface area contributed by atoms with Crippen LogP contribution in [0.4, 0.5) is 0 Å². The lowest BCUT2D eigenvalue weighted by Crippen LogP contribution is -2.45. The third-order valence-corrected chi connectivity index (χ3v) is 4.88. The maximum absolute atomic E-state index is 12.3. The second kappa shape index (κ2) is 7.24. The van der Waals surface area contributed by atoms with Gasteiger partial charge in [0.2, 0.25) is 10.0 Å². The van der Waals surface area contributed by atoms with E-state index >= 15 is 0 Å². The summed E-state index contributed by atoms with van der Waals surface area (Å²) in [6, 6.07) is 7.20. The van der Waals surface area contributed by atoms with Crippen LogP contribution in [0.3, 0.4) is 0 Å². The molecule has 1 aliphatic rings. The summed E-state index contributed by atoms with van der Waals surface area (Å²) >= 11 is 0. The first-order chi connectivity index (χ1) is 8.63. The van der Waals surface area contributed by atoms with Gasteiger partial charge in [0, 0.05) is 12.6 Å². The number of hydrogen-bond acceptors (Lipinski definition) is 3. The van der Waals surface area contributed by atoms with E-state index in [1.54, 1.807) is 12.1 Å². The number of halogens is 1. The van der Waals surface area contributed by atoms with E-state index in [2.05, 4.69) is 10.0 Å². The summed E-state index contributed by atoms with van der Waals surface area (Å²) in [5, 5.41) is 3.21. The van der Waals surface area contributed by atoms with Crippen LogP contribution in [0.15, 0.2) is 29.2 Å². The van der Waals surface area contributed by atoms with Crippen molar-refractivity contribution < 1.29 is 8.42 Å². The number of piperidine rings is 1. The zero-order chi connectivity index (χ0) is 13.0.